The molecule has 9 nitrogen and oxygen atoms in total. The molecule has 3 aromatic heterocycles. The van der Waals surface area contributed by atoms with Gasteiger partial charge in [0.25, 0.3) is 0 Å². The Bertz CT molecular complexity index is 1470. The average molecular weight is 524 g/mol. The topological polar surface area (TPSA) is 111 Å². The number of rotatable bonds is 6. The number of anilines is 1. The number of nitrogen functional groups attached to an aromatic ring is 1. The average Bonchev–Trinajstić information content (AvgIpc) is 3.67. The first-order chi connectivity index (χ1) is 18.9. The van der Waals surface area contributed by atoms with Crippen LogP contribution < -0.4 is 15.8 Å². The Balaban J connectivity index is 1.18. The zero-order valence-electron chi connectivity index (χ0n) is 22.2. The van der Waals surface area contributed by atoms with Gasteiger partial charge in [-0.2, -0.15) is 5.10 Å². The Hall–Kier alpha value is -4.40. The largest absolute Gasteiger partial charge is 0.481 e. The summed E-state index contributed by atoms with van der Waals surface area (Å²) in [6.07, 6.45) is 5.09. The highest BCUT2D eigenvalue weighted by molar-refractivity contribution is 5.75. The van der Waals surface area contributed by atoms with Gasteiger partial charge in [0.1, 0.15) is 6.10 Å². The standard InChI is InChI=1S/C30H33N7O2/c1-20(22-8-4-3-5-9-22)34-29(38)36-14-11-30(19-36)12-15-37-27(30)17-25(35-37)23-16-26(28(31)33-18-23)39-21(2)24-10-6-7-13-32-24/h3-10,13,16-18,20-21H,11-12,14-15,19H2,1-2H3,(H2,31,33)(H,34,38)/t20-,21+,30?/m1/s1. The van der Waals surface area contributed by atoms with Crippen molar-refractivity contribution >= 4 is 11.8 Å². The molecule has 4 aromatic rings. The van der Waals surface area contributed by atoms with Crippen molar-refractivity contribution in [1.82, 2.24) is 30.0 Å². The molecule has 2 aliphatic heterocycles. The number of nitrogens with one attached hydrogen (secondary N) is 1. The zero-order chi connectivity index (χ0) is 27.0. The minimum atomic E-state index is -0.277. The van der Waals surface area contributed by atoms with Crippen molar-refractivity contribution in [3.8, 4) is 17.0 Å². The summed E-state index contributed by atoms with van der Waals surface area (Å²) in [6, 6.07) is 19.7. The summed E-state index contributed by atoms with van der Waals surface area (Å²) in [6.45, 7) is 6.19. The van der Waals surface area contributed by atoms with Crippen LogP contribution in [-0.2, 0) is 12.0 Å². The molecule has 2 aliphatic rings. The Morgan fingerprint density at radius 3 is 2.64 bits per heavy atom. The molecule has 1 unspecified atom stereocenters. The van der Waals surface area contributed by atoms with Crippen molar-refractivity contribution in [1.29, 1.82) is 0 Å². The third-order valence-electron chi connectivity index (χ3n) is 7.99. The van der Waals surface area contributed by atoms with Crippen LogP contribution in [0.2, 0.25) is 0 Å². The Kier molecular flexibility index (Phi) is 6.42. The first-order valence-corrected chi connectivity index (χ1v) is 13.4. The fourth-order valence-electron chi connectivity index (χ4n) is 5.72. The van der Waals surface area contributed by atoms with Gasteiger partial charge in [-0.3, -0.25) is 9.67 Å². The maximum Gasteiger partial charge on any atom is 0.317 e. The first-order valence-electron chi connectivity index (χ1n) is 13.4. The third kappa shape index (κ3) is 4.80. The quantitative estimate of drug-likeness (QED) is 0.373. The lowest BCUT2D eigenvalue weighted by molar-refractivity contribution is 0.202. The number of nitrogens with two attached hydrogens (primary N) is 1. The highest BCUT2D eigenvalue weighted by Crippen LogP contribution is 2.44. The molecule has 2 amide bonds. The molecule has 200 valence electrons. The highest BCUT2D eigenvalue weighted by Gasteiger charge is 2.47. The molecule has 0 saturated carbocycles. The number of hydrogen-bond acceptors (Lipinski definition) is 6. The van der Waals surface area contributed by atoms with E-state index >= 15 is 0 Å². The van der Waals surface area contributed by atoms with E-state index in [9.17, 15) is 4.79 Å². The van der Waals surface area contributed by atoms with Crippen molar-refractivity contribution in [3.05, 3.63) is 90.0 Å². The highest BCUT2D eigenvalue weighted by atomic mass is 16.5. The monoisotopic (exact) mass is 523 g/mol. The van der Waals surface area contributed by atoms with Crippen molar-refractivity contribution in [2.24, 2.45) is 0 Å². The van der Waals surface area contributed by atoms with Crippen LogP contribution in [0.25, 0.3) is 11.3 Å². The zero-order valence-corrected chi connectivity index (χ0v) is 22.2. The maximum absolute atomic E-state index is 13.1. The van der Waals surface area contributed by atoms with Gasteiger partial charge in [-0.15, -0.1) is 0 Å². The number of carbonyl (C=O) groups is 1. The lowest BCUT2D eigenvalue weighted by Crippen LogP contribution is -2.41. The predicted molar refractivity (Wildman–Crippen MR) is 149 cm³/mol. The molecule has 6 rings (SSSR count). The van der Waals surface area contributed by atoms with Crippen LogP contribution in [0.1, 0.15) is 55.8 Å². The fourth-order valence-corrected chi connectivity index (χ4v) is 5.72. The molecule has 1 saturated heterocycles. The van der Waals surface area contributed by atoms with Crippen molar-refractivity contribution < 1.29 is 9.53 Å². The second-order valence-corrected chi connectivity index (χ2v) is 10.5. The molecular formula is C30H33N7O2. The molecule has 0 aliphatic carbocycles. The summed E-state index contributed by atoms with van der Waals surface area (Å²) in [7, 11) is 0. The number of benzene rings is 1. The number of urea groups is 1. The molecule has 1 fully saturated rings. The van der Waals surface area contributed by atoms with Gasteiger partial charge in [0.15, 0.2) is 11.6 Å². The first kappa shape index (κ1) is 24.9. The summed E-state index contributed by atoms with van der Waals surface area (Å²) in [5, 5.41) is 8.06. The van der Waals surface area contributed by atoms with Gasteiger partial charge in [0.2, 0.25) is 0 Å². The van der Waals surface area contributed by atoms with Crippen molar-refractivity contribution in [2.45, 2.75) is 50.8 Å². The van der Waals surface area contributed by atoms with Gasteiger partial charge >= 0.3 is 6.03 Å². The summed E-state index contributed by atoms with van der Waals surface area (Å²) in [5.74, 6) is 0.830. The number of amides is 2. The van der Waals surface area contributed by atoms with Gasteiger partial charge in [-0.1, -0.05) is 36.4 Å². The van der Waals surface area contributed by atoms with E-state index in [-0.39, 0.29) is 23.6 Å². The van der Waals surface area contributed by atoms with E-state index in [0.717, 1.165) is 48.4 Å². The predicted octanol–water partition coefficient (Wildman–Crippen LogP) is 4.88. The normalized spacial score (nSPS) is 19.6. The van der Waals surface area contributed by atoms with Crippen LogP contribution in [0.4, 0.5) is 10.6 Å². The number of pyridine rings is 2. The molecule has 39 heavy (non-hydrogen) atoms. The Labute approximate surface area is 228 Å². The molecule has 0 bridgehead atoms. The minimum absolute atomic E-state index is 0.0204. The molecular weight excluding hydrogens is 490 g/mol. The molecule has 3 N–H and O–H groups in total. The smallest absolute Gasteiger partial charge is 0.317 e. The van der Waals surface area contributed by atoms with Crippen LogP contribution in [0.3, 0.4) is 0 Å². The lowest BCUT2D eigenvalue weighted by atomic mass is 9.82. The van der Waals surface area contributed by atoms with E-state index in [1.165, 1.54) is 5.69 Å². The van der Waals surface area contributed by atoms with Crippen LogP contribution in [0.5, 0.6) is 5.75 Å². The van der Waals surface area contributed by atoms with E-state index in [1.54, 1.807) is 12.4 Å². The number of ether oxygens (including phenoxy) is 1. The lowest BCUT2D eigenvalue weighted by Gasteiger charge is -2.25. The van der Waals surface area contributed by atoms with Crippen LogP contribution in [0.15, 0.2) is 73.1 Å². The Morgan fingerprint density at radius 1 is 1.05 bits per heavy atom. The van der Waals surface area contributed by atoms with Crippen LogP contribution >= 0.6 is 0 Å². The summed E-state index contributed by atoms with van der Waals surface area (Å²) >= 11 is 0. The van der Waals surface area contributed by atoms with Crippen LogP contribution in [-0.4, -0.2) is 43.8 Å². The minimum Gasteiger partial charge on any atom is -0.481 e. The number of fused-ring (bicyclic) bond motifs is 2. The molecule has 9 heteroatoms. The molecule has 0 radical (unpaired) electrons. The van der Waals surface area contributed by atoms with Crippen molar-refractivity contribution in [3.63, 3.8) is 0 Å². The summed E-state index contributed by atoms with van der Waals surface area (Å²) < 4.78 is 8.21. The SMILES string of the molecule is C[C@H](Oc1cc(-c2cc3n(n2)CCC32CCN(C(=O)N[C@H](C)c3ccccc3)C2)cnc1N)c1ccccn1. The molecule has 5 heterocycles. The van der Waals surface area contributed by atoms with Gasteiger partial charge < -0.3 is 20.7 Å². The molecule has 1 aromatic carbocycles. The number of nitrogens with zero attached hydrogens (tertiary/aromatic N) is 5. The van der Waals surface area contributed by atoms with Gasteiger partial charge in [-0.25, -0.2) is 9.78 Å². The van der Waals surface area contributed by atoms with E-state index in [4.69, 9.17) is 15.6 Å². The van der Waals surface area contributed by atoms with E-state index in [2.05, 4.69) is 26.0 Å². The maximum atomic E-state index is 13.1. The fraction of sp³-hybridized carbons (Fsp3) is 0.333. The second kappa shape index (κ2) is 10.1. The van der Waals surface area contributed by atoms with E-state index in [1.807, 2.05) is 73.3 Å². The van der Waals surface area contributed by atoms with E-state index in [0.29, 0.717) is 18.1 Å². The number of likely N-dealkylation sites (tertiary alicyclic amines) is 1. The number of aryl methyl sites for hydroxylation is 1. The molecule has 1 spiro atoms. The second-order valence-electron chi connectivity index (χ2n) is 10.5. The van der Waals surface area contributed by atoms with E-state index < -0.39 is 0 Å². The summed E-state index contributed by atoms with van der Waals surface area (Å²) in [4.78, 5) is 23.8. The number of aromatic nitrogens is 4. The molecule has 3 atom stereocenters. The summed E-state index contributed by atoms with van der Waals surface area (Å²) in [5.41, 5.74) is 10.8. The van der Waals surface area contributed by atoms with Crippen molar-refractivity contribution in [2.75, 3.05) is 18.8 Å². The van der Waals surface area contributed by atoms with Crippen LogP contribution in [0, 0.1) is 0 Å². The Morgan fingerprint density at radius 2 is 1.85 bits per heavy atom. The van der Waals surface area contributed by atoms with Gasteiger partial charge in [0, 0.05) is 48.7 Å². The third-order valence-corrected chi connectivity index (χ3v) is 7.99. The number of hydrogen-bond donors (Lipinski definition) is 2. The number of carbonyl (C=O) groups excluding carboxylic acids is 1. The van der Waals surface area contributed by atoms with Gasteiger partial charge in [0.05, 0.1) is 17.4 Å². The van der Waals surface area contributed by atoms with Gasteiger partial charge in [-0.05, 0) is 56.5 Å².